The molecular formula is C34H40N2O5S. The fourth-order valence-corrected chi connectivity index (χ4v) is 9.22. The first-order valence-corrected chi connectivity index (χ1v) is 15.7. The highest BCUT2D eigenvalue weighted by atomic mass is 32.2. The van der Waals surface area contributed by atoms with Gasteiger partial charge in [-0.2, -0.15) is 0 Å². The van der Waals surface area contributed by atoms with Crippen LogP contribution in [0, 0.1) is 11.8 Å². The van der Waals surface area contributed by atoms with Crippen LogP contribution in [-0.4, -0.2) is 68.5 Å². The first-order chi connectivity index (χ1) is 20.5. The summed E-state index contributed by atoms with van der Waals surface area (Å²) in [6, 6.07) is 17.5. The molecule has 6 atom stereocenters. The van der Waals surface area contributed by atoms with Crippen molar-refractivity contribution in [3.05, 3.63) is 97.1 Å². The highest BCUT2D eigenvalue weighted by Gasteiger charge is 2.74. The van der Waals surface area contributed by atoms with Gasteiger partial charge in [0.2, 0.25) is 11.8 Å². The molecule has 7 nitrogen and oxygen atoms in total. The lowest BCUT2D eigenvalue weighted by Crippen LogP contribution is -2.55. The topological polar surface area (TPSA) is 87.2 Å². The Hall–Kier alpha value is -3.36. The summed E-state index contributed by atoms with van der Waals surface area (Å²) in [4.78, 5) is 46.1. The number of unbranched alkanes of at least 4 members (excludes halogenated alkanes) is 2. The fraction of sp³-hybridized carbons (Fsp3) is 0.441. The van der Waals surface area contributed by atoms with Crippen molar-refractivity contribution in [2.45, 2.75) is 60.7 Å². The Balaban J connectivity index is 1.51. The molecule has 222 valence electrons. The summed E-state index contributed by atoms with van der Waals surface area (Å²) in [5, 5.41) is 10.6. The molecule has 3 aliphatic heterocycles. The predicted octanol–water partition coefficient (Wildman–Crippen LogP) is 4.93. The van der Waals surface area contributed by atoms with Crippen molar-refractivity contribution in [1.29, 1.82) is 0 Å². The molecule has 2 unspecified atom stereocenters. The summed E-state index contributed by atoms with van der Waals surface area (Å²) in [7, 11) is 0. The van der Waals surface area contributed by atoms with E-state index in [2.05, 4.69) is 13.2 Å². The summed E-state index contributed by atoms with van der Waals surface area (Å²) >= 11 is 1.61. The summed E-state index contributed by atoms with van der Waals surface area (Å²) in [5.41, 5.74) is 1.72. The van der Waals surface area contributed by atoms with E-state index in [4.69, 9.17) is 4.74 Å². The SMILES string of the molecule is C=CCCCCOC(=O)[C@@H]1[C@@H]2CCC3(S2)C(C(=O)N(CC=C)Cc2ccccc2)N([C@H](CO)c2ccccc2)C(=O)[C@H]13. The summed E-state index contributed by atoms with van der Waals surface area (Å²) in [6.45, 7) is 8.27. The number of ether oxygens (including phenoxy) is 1. The van der Waals surface area contributed by atoms with Crippen LogP contribution in [0.2, 0.25) is 0 Å². The molecule has 3 saturated heterocycles. The van der Waals surface area contributed by atoms with Gasteiger partial charge in [0.15, 0.2) is 0 Å². The number of thioether (sulfide) groups is 1. The molecule has 8 heteroatoms. The van der Waals surface area contributed by atoms with E-state index < -0.39 is 28.7 Å². The maximum atomic E-state index is 14.7. The Morgan fingerprint density at radius 3 is 2.48 bits per heavy atom. The van der Waals surface area contributed by atoms with Crippen molar-refractivity contribution in [1.82, 2.24) is 9.80 Å². The first-order valence-electron chi connectivity index (χ1n) is 14.8. The molecule has 0 aromatic heterocycles. The number of amides is 2. The van der Waals surface area contributed by atoms with Gasteiger partial charge in [-0.05, 0) is 43.2 Å². The third kappa shape index (κ3) is 5.54. The Morgan fingerprint density at radius 1 is 1.10 bits per heavy atom. The minimum absolute atomic E-state index is 0.0802. The third-order valence-corrected chi connectivity index (χ3v) is 10.8. The molecule has 0 radical (unpaired) electrons. The molecule has 0 saturated carbocycles. The number of benzene rings is 2. The molecule has 2 amide bonds. The second-order valence-corrected chi connectivity index (χ2v) is 13.0. The average molecular weight is 589 g/mol. The number of hydrogen-bond donors (Lipinski definition) is 1. The van der Waals surface area contributed by atoms with Gasteiger partial charge >= 0.3 is 5.97 Å². The molecule has 3 heterocycles. The predicted molar refractivity (Wildman–Crippen MR) is 164 cm³/mol. The number of hydrogen-bond acceptors (Lipinski definition) is 6. The van der Waals surface area contributed by atoms with E-state index in [1.165, 1.54) is 0 Å². The first kappa shape index (κ1) is 30.1. The molecule has 3 fully saturated rings. The molecule has 2 bridgehead atoms. The van der Waals surface area contributed by atoms with Gasteiger partial charge in [-0.1, -0.05) is 72.8 Å². The lowest BCUT2D eigenvalue weighted by Gasteiger charge is -2.39. The Bertz CT molecular complexity index is 1290. The van der Waals surface area contributed by atoms with Gasteiger partial charge in [0.05, 0.1) is 35.8 Å². The largest absolute Gasteiger partial charge is 0.465 e. The molecule has 0 aliphatic carbocycles. The number of carbonyl (C=O) groups is 3. The van der Waals surface area contributed by atoms with Crippen LogP contribution in [-0.2, 0) is 25.7 Å². The Kier molecular flexibility index (Phi) is 9.53. The van der Waals surface area contributed by atoms with Crippen molar-refractivity contribution >= 4 is 29.5 Å². The van der Waals surface area contributed by atoms with Crippen molar-refractivity contribution in [3.8, 4) is 0 Å². The van der Waals surface area contributed by atoms with Crippen LogP contribution in [0.5, 0.6) is 0 Å². The van der Waals surface area contributed by atoms with Crippen LogP contribution in [0.15, 0.2) is 86.0 Å². The monoisotopic (exact) mass is 588 g/mol. The molecule has 2 aromatic rings. The van der Waals surface area contributed by atoms with Gasteiger partial charge in [0.1, 0.15) is 6.04 Å². The smallest absolute Gasteiger partial charge is 0.310 e. The van der Waals surface area contributed by atoms with Crippen LogP contribution in [0.3, 0.4) is 0 Å². The number of aliphatic hydroxyl groups excluding tert-OH is 1. The van der Waals surface area contributed by atoms with Crippen LogP contribution >= 0.6 is 11.8 Å². The minimum atomic E-state index is -0.837. The zero-order valence-electron chi connectivity index (χ0n) is 24.0. The zero-order chi connectivity index (χ0) is 29.7. The zero-order valence-corrected chi connectivity index (χ0v) is 24.8. The second-order valence-electron chi connectivity index (χ2n) is 11.4. The number of nitrogens with zero attached hydrogens (tertiary/aromatic N) is 2. The Morgan fingerprint density at radius 2 is 1.81 bits per heavy atom. The molecule has 1 spiro atoms. The lowest BCUT2D eigenvalue weighted by atomic mass is 9.71. The minimum Gasteiger partial charge on any atom is -0.465 e. The van der Waals surface area contributed by atoms with E-state index in [0.29, 0.717) is 26.1 Å². The highest BCUT2D eigenvalue weighted by Crippen LogP contribution is 2.67. The number of allylic oxidation sites excluding steroid dienone is 1. The van der Waals surface area contributed by atoms with Crippen molar-refractivity contribution in [2.75, 3.05) is 19.8 Å². The van der Waals surface area contributed by atoms with Gasteiger partial charge in [0.25, 0.3) is 0 Å². The van der Waals surface area contributed by atoms with Crippen molar-refractivity contribution in [2.24, 2.45) is 11.8 Å². The van der Waals surface area contributed by atoms with Gasteiger partial charge in [-0.3, -0.25) is 14.4 Å². The van der Waals surface area contributed by atoms with Crippen molar-refractivity contribution < 1.29 is 24.2 Å². The molecule has 5 rings (SSSR count). The van der Waals surface area contributed by atoms with Crippen LogP contribution < -0.4 is 0 Å². The van der Waals surface area contributed by atoms with E-state index >= 15 is 0 Å². The molecular weight excluding hydrogens is 548 g/mol. The summed E-state index contributed by atoms with van der Waals surface area (Å²) in [6.07, 6.45) is 7.39. The third-order valence-electron chi connectivity index (χ3n) is 8.86. The maximum absolute atomic E-state index is 14.7. The molecule has 3 aliphatic rings. The van der Waals surface area contributed by atoms with Crippen LogP contribution in [0.25, 0.3) is 0 Å². The number of esters is 1. The second kappa shape index (κ2) is 13.3. The quantitative estimate of drug-likeness (QED) is 0.191. The average Bonchev–Trinajstić information content (AvgIpc) is 3.66. The maximum Gasteiger partial charge on any atom is 0.310 e. The van der Waals surface area contributed by atoms with Gasteiger partial charge in [-0.15, -0.1) is 24.9 Å². The normalized spacial score (nSPS) is 26.5. The van der Waals surface area contributed by atoms with Crippen molar-refractivity contribution in [3.63, 3.8) is 0 Å². The van der Waals surface area contributed by atoms with E-state index in [1.54, 1.807) is 27.6 Å². The summed E-state index contributed by atoms with van der Waals surface area (Å²) < 4.78 is 4.96. The van der Waals surface area contributed by atoms with Gasteiger partial charge in [-0.25, -0.2) is 0 Å². The Labute approximate surface area is 252 Å². The van der Waals surface area contributed by atoms with E-state index in [1.807, 2.05) is 66.7 Å². The number of rotatable bonds is 14. The van der Waals surface area contributed by atoms with E-state index in [9.17, 15) is 19.5 Å². The van der Waals surface area contributed by atoms with E-state index in [-0.39, 0.29) is 29.6 Å². The number of aliphatic hydroxyl groups is 1. The molecule has 1 N–H and O–H groups in total. The van der Waals surface area contributed by atoms with Gasteiger partial charge in [0, 0.05) is 18.3 Å². The lowest BCUT2D eigenvalue weighted by molar-refractivity contribution is -0.154. The number of likely N-dealkylation sites (tertiary alicyclic amines) is 1. The van der Waals surface area contributed by atoms with Crippen LogP contribution in [0.4, 0.5) is 0 Å². The molecule has 42 heavy (non-hydrogen) atoms. The van der Waals surface area contributed by atoms with Crippen LogP contribution in [0.1, 0.15) is 49.3 Å². The molecule has 2 aromatic carbocycles. The van der Waals surface area contributed by atoms with Gasteiger partial charge < -0.3 is 19.6 Å². The standard InChI is InChI=1S/C34H40N2O5S/c1-3-5-6-13-21-41-33(40)28-27-18-19-34(42-27)29(28)31(38)36(26(23-37)25-16-11-8-12-17-25)30(34)32(39)35(20-4-2)22-24-14-9-7-10-15-24/h3-4,7-12,14-17,26-30,37H,1-2,5-6,13,18-23H2/t26-,27+,28-,29+,30?,34?/m1/s1. The highest BCUT2D eigenvalue weighted by molar-refractivity contribution is 8.02. The fourth-order valence-electron chi connectivity index (χ4n) is 7.03. The number of carbonyl (C=O) groups excluding carboxylic acids is 3. The van der Waals surface area contributed by atoms with E-state index in [0.717, 1.165) is 36.8 Å². The number of fused-ring (bicyclic) bond motifs is 1. The summed E-state index contributed by atoms with van der Waals surface area (Å²) in [5.74, 6) is -2.09.